The van der Waals surface area contributed by atoms with Crippen molar-refractivity contribution in [3.05, 3.63) is 27.5 Å². The first-order valence-corrected chi connectivity index (χ1v) is 6.95. The average Bonchev–Trinajstić information content (AvgIpc) is 2.85. The molecule has 3 nitrogen and oxygen atoms in total. The molecule has 6 heteroatoms. The number of hydrogen-bond acceptors (Lipinski definition) is 5. The lowest BCUT2D eigenvalue weighted by Gasteiger charge is -2.20. The van der Waals surface area contributed by atoms with Gasteiger partial charge in [-0.3, -0.25) is 0 Å². The van der Waals surface area contributed by atoms with Gasteiger partial charge in [-0.25, -0.2) is 0 Å². The number of rotatable bonds is 4. The summed E-state index contributed by atoms with van der Waals surface area (Å²) in [5, 5.41) is 5.87. The van der Waals surface area contributed by atoms with Crippen LogP contribution in [0.25, 0.3) is 0 Å². The van der Waals surface area contributed by atoms with Gasteiger partial charge in [-0.1, -0.05) is 31.5 Å². The summed E-state index contributed by atoms with van der Waals surface area (Å²) in [5.41, 5.74) is 0. The quantitative estimate of drug-likeness (QED) is 0.913. The van der Waals surface area contributed by atoms with Crippen molar-refractivity contribution in [1.82, 2.24) is 8.75 Å². The third-order valence-corrected chi connectivity index (χ3v) is 4.10. The number of aromatic nitrogens is 2. The van der Waals surface area contributed by atoms with Gasteiger partial charge in [-0.05, 0) is 17.4 Å². The molecular weight excluding hydrogens is 262 g/mol. The maximum Gasteiger partial charge on any atom is 0.186 e. The molecule has 86 valence electrons. The van der Waals surface area contributed by atoms with Crippen molar-refractivity contribution in [3.8, 4) is 0 Å². The van der Waals surface area contributed by atoms with E-state index in [2.05, 4.69) is 45.4 Å². The van der Waals surface area contributed by atoms with Crippen LogP contribution in [0.5, 0.6) is 0 Å². The Bertz CT molecular complexity index is 439. The Labute approximate surface area is 108 Å². The molecule has 2 aromatic rings. The molecule has 0 fully saturated rings. The number of halogens is 1. The van der Waals surface area contributed by atoms with Gasteiger partial charge in [0, 0.05) is 4.88 Å². The molecule has 0 amide bonds. The first-order valence-electron chi connectivity index (χ1n) is 4.96. The summed E-state index contributed by atoms with van der Waals surface area (Å²) in [6, 6.07) is 4.41. The Morgan fingerprint density at radius 3 is 2.69 bits per heavy atom. The maximum absolute atomic E-state index is 5.93. The molecule has 0 saturated heterocycles. The van der Waals surface area contributed by atoms with Gasteiger partial charge in [0.25, 0.3) is 0 Å². The highest BCUT2D eigenvalue weighted by Gasteiger charge is 2.19. The molecule has 0 radical (unpaired) electrons. The molecule has 1 N–H and O–H groups in total. The summed E-state index contributed by atoms with van der Waals surface area (Å²) in [7, 11) is 0. The van der Waals surface area contributed by atoms with Crippen LogP contribution in [-0.2, 0) is 0 Å². The molecule has 1 unspecified atom stereocenters. The lowest BCUT2D eigenvalue weighted by atomic mass is 10.0. The number of hydrogen-bond donors (Lipinski definition) is 1. The minimum Gasteiger partial charge on any atom is -0.359 e. The van der Waals surface area contributed by atoms with Crippen molar-refractivity contribution in [3.63, 3.8) is 0 Å². The zero-order valence-electron chi connectivity index (χ0n) is 8.98. The molecule has 0 spiro atoms. The third-order valence-electron chi connectivity index (χ3n) is 2.26. The van der Waals surface area contributed by atoms with Crippen LogP contribution in [0.3, 0.4) is 0 Å². The van der Waals surface area contributed by atoms with Crippen molar-refractivity contribution < 1.29 is 0 Å². The lowest BCUT2D eigenvalue weighted by Crippen LogP contribution is -2.15. The largest absolute Gasteiger partial charge is 0.359 e. The summed E-state index contributed by atoms with van der Waals surface area (Å²) in [5.74, 6) is 1.15. The Hall–Kier alpha value is -0.650. The summed E-state index contributed by atoms with van der Waals surface area (Å²) in [4.78, 5) is 1.29. The normalized spacial score (nSPS) is 13.0. The zero-order valence-corrected chi connectivity index (χ0v) is 11.4. The van der Waals surface area contributed by atoms with E-state index in [1.165, 1.54) is 4.88 Å². The standard InChI is InChI=1S/C10H12ClN3S2/c1-6(2)8(7-4-3-5-15-7)12-10-9(11)13-16-14-10/h3-6,8H,1-2H3,(H,12,14). The SMILES string of the molecule is CC(C)C(Nc1nsnc1Cl)c1cccs1. The Balaban J connectivity index is 2.19. The fourth-order valence-electron chi connectivity index (χ4n) is 1.45. The van der Waals surface area contributed by atoms with E-state index in [0.717, 1.165) is 11.7 Å². The van der Waals surface area contributed by atoms with Crippen LogP contribution in [-0.4, -0.2) is 8.75 Å². The van der Waals surface area contributed by atoms with E-state index in [1.54, 1.807) is 11.3 Å². The van der Waals surface area contributed by atoms with Crippen LogP contribution >= 0.6 is 34.7 Å². The predicted octanol–water partition coefficient (Wildman–Crippen LogP) is 4.06. The van der Waals surface area contributed by atoms with E-state index < -0.39 is 0 Å². The third kappa shape index (κ3) is 2.53. The lowest BCUT2D eigenvalue weighted by molar-refractivity contribution is 0.552. The molecule has 2 heterocycles. The zero-order chi connectivity index (χ0) is 11.5. The van der Waals surface area contributed by atoms with Gasteiger partial charge >= 0.3 is 0 Å². The second kappa shape index (κ2) is 5.12. The van der Waals surface area contributed by atoms with Crippen LogP contribution in [0.15, 0.2) is 17.5 Å². The highest BCUT2D eigenvalue weighted by Crippen LogP contribution is 2.31. The molecule has 16 heavy (non-hydrogen) atoms. The van der Waals surface area contributed by atoms with Crippen molar-refractivity contribution in [2.24, 2.45) is 5.92 Å². The van der Waals surface area contributed by atoms with Gasteiger partial charge in [-0.15, -0.1) is 11.3 Å². The number of nitrogens with one attached hydrogen (secondary N) is 1. The fourth-order valence-corrected chi connectivity index (χ4v) is 3.05. The van der Waals surface area contributed by atoms with Crippen molar-refractivity contribution in [2.45, 2.75) is 19.9 Å². The van der Waals surface area contributed by atoms with Gasteiger partial charge in [-0.2, -0.15) is 8.75 Å². The van der Waals surface area contributed by atoms with Crippen molar-refractivity contribution in [2.75, 3.05) is 5.32 Å². The average molecular weight is 274 g/mol. The van der Waals surface area contributed by atoms with Gasteiger partial charge in [0.15, 0.2) is 11.0 Å². The minimum absolute atomic E-state index is 0.237. The van der Waals surface area contributed by atoms with E-state index in [0.29, 0.717) is 16.9 Å². The highest BCUT2D eigenvalue weighted by atomic mass is 35.5. The Kier molecular flexibility index (Phi) is 3.78. The molecule has 2 rings (SSSR count). The van der Waals surface area contributed by atoms with Gasteiger partial charge in [0.2, 0.25) is 0 Å². The molecule has 1 atom stereocenters. The topological polar surface area (TPSA) is 37.8 Å². The van der Waals surface area contributed by atoms with Crippen LogP contribution in [0.1, 0.15) is 24.8 Å². The predicted molar refractivity (Wildman–Crippen MR) is 70.4 cm³/mol. The number of nitrogens with zero attached hydrogens (tertiary/aromatic N) is 2. The van der Waals surface area contributed by atoms with Crippen LogP contribution in [0, 0.1) is 5.92 Å². The number of thiophene rings is 1. The van der Waals surface area contributed by atoms with Gasteiger partial charge < -0.3 is 5.32 Å². The molecule has 0 aromatic carbocycles. The highest BCUT2D eigenvalue weighted by molar-refractivity contribution is 7.10. The molecular formula is C10H12ClN3S2. The summed E-state index contributed by atoms with van der Waals surface area (Å²) in [6.07, 6.45) is 0. The van der Waals surface area contributed by atoms with E-state index in [-0.39, 0.29) is 6.04 Å². The second-order valence-electron chi connectivity index (χ2n) is 3.79. The summed E-state index contributed by atoms with van der Waals surface area (Å²) >= 11 is 8.79. The smallest absolute Gasteiger partial charge is 0.186 e. The molecule has 0 bridgehead atoms. The van der Waals surface area contributed by atoms with Gasteiger partial charge in [0.1, 0.15) is 0 Å². The Morgan fingerprint density at radius 2 is 2.19 bits per heavy atom. The Morgan fingerprint density at radius 1 is 1.38 bits per heavy atom. The first-order chi connectivity index (χ1) is 7.68. The van der Waals surface area contributed by atoms with E-state index in [1.807, 2.05) is 0 Å². The minimum atomic E-state index is 0.237. The van der Waals surface area contributed by atoms with Crippen LogP contribution < -0.4 is 5.32 Å². The molecule has 0 aliphatic carbocycles. The first kappa shape index (κ1) is 11.8. The molecule has 0 saturated carbocycles. The van der Waals surface area contributed by atoms with E-state index in [4.69, 9.17) is 11.6 Å². The molecule has 0 aliphatic heterocycles. The van der Waals surface area contributed by atoms with Gasteiger partial charge in [0.05, 0.1) is 17.8 Å². The molecule has 0 aliphatic rings. The second-order valence-corrected chi connectivity index (χ2v) is 5.65. The maximum atomic E-state index is 5.93. The fraction of sp³-hybridized carbons (Fsp3) is 0.400. The summed E-state index contributed by atoms with van der Waals surface area (Å²) in [6.45, 7) is 4.34. The van der Waals surface area contributed by atoms with Crippen LogP contribution in [0.4, 0.5) is 5.82 Å². The van der Waals surface area contributed by atoms with Crippen LogP contribution in [0.2, 0.25) is 5.15 Å². The van der Waals surface area contributed by atoms with Crippen molar-refractivity contribution in [1.29, 1.82) is 0 Å². The van der Waals surface area contributed by atoms with E-state index >= 15 is 0 Å². The van der Waals surface area contributed by atoms with Crippen molar-refractivity contribution >= 4 is 40.5 Å². The summed E-state index contributed by atoms with van der Waals surface area (Å²) < 4.78 is 8.09. The van der Waals surface area contributed by atoms with E-state index in [9.17, 15) is 0 Å². The number of anilines is 1. The molecule has 2 aromatic heterocycles. The monoisotopic (exact) mass is 273 g/mol.